The molecule has 0 unspecified atom stereocenters. The van der Waals surface area contributed by atoms with Crippen LogP contribution in [0.1, 0.15) is 47.4 Å². The zero-order chi connectivity index (χ0) is 16.4. The lowest BCUT2D eigenvalue weighted by Gasteiger charge is -2.29. The Kier molecular flexibility index (Phi) is 3.92. The highest BCUT2D eigenvalue weighted by molar-refractivity contribution is 5.98. The summed E-state index contributed by atoms with van der Waals surface area (Å²) in [6.45, 7) is 4.21. The molecule has 1 heterocycles. The van der Waals surface area contributed by atoms with Crippen LogP contribution in [0.15, 0.2) is 36.5 Å². The van der Waals surface area contributed by atoms with Gasteiger partial charge in [0.05, 0.1) is 12.8 Å². The molecule has 0 bridgehead atoms. The lowest BCUT2D eigenvalue weighted by atomic mass is 9.75. The molecule has 1 aliphatic carbocycles. The summed E-state index contributed by atoms with van der Waals surface area (Å²) in [5.74, 6) is 7.11. The molecule has 3 heteroatoms. The second-order valence-electron chi connectivity index (χ2n) is 6.64. The summed E-state index contributed by atoms with van der Waals surface area (Å²) in [5, 5.41) is 0. The van der Waals surface area contributed by atoms with E-state index in [-0.39, 0.29) is 11.2 Å². The van der Waals surface area contributed by atoms with Gasteiger partial charge in [0.15, 0.2) is 5.78 Å². The fourth-order valence-electron chi connectivity index (χ4n) is 2.83. The van der Waals surface area contributed by atoms with Crippen molar-refractivity contribution in [1.29, 1.82) is 0 Å². The van der Waals surface area contributed by atoms with Gasteiger partial charge < -0.3 is 4.74 Å². The third-order valence-corrected chi connectivity index (χ3v) is 3.98. The number of pyridine rings is 1. The van der Waals surface area contributed by atoms with Crippen LogP contribution in [0.4, 0.5) is 0 Å². The minimum Gasteiger partial charge on any atom is -0.497 e. The number of hydrogen-bond donors (Lipinski definition) is 0. The van der Waals surface area contributed by atoms with Crippen molar-refractivity contribution in [2.75, 3.05) is 7.11 Å². The molecule has 116 valence electrons. The maximum atomic E-state index is 12.3. The van der Waals surface area contributed by atoms with Crippen molar-refractivity contribution >= 4 is 5.78 Å². The summed E-state index contributed by atoms with van der Waals surface area (Å²) in [6.07, 6.45) is 3.15. The van der Waals surface area contributed by atoms with Gasteiger partial charge in [-0.25, -0.2) is 0 Å². The van der Waals surface area contributed by atoms with E-state index in [1.807, 2.05) is 30.3 Å². The van der Waals surface area contributed by atoms with Gasteiger partial charge in [0, 0.05) is 29.3 Å². The molecule has 0 atom stereocenters. The second-order valence-corrected chi connectivity index (χ2v) is 6.64. The third-order valence-electron chi connectivity index (χ3n) is 3.98. The Morgan fingerprint density at radius 2 is 1.91 bits per heavy atom. The van der Waals surface area contributed by atoms with Gasteiger partial charge in [0.2, 0.25) is 0 Å². The summed E-state index contributed by atoms with van der Waals surface area (Å²) < 4.78 is 5.19. The number of hydrogen-bond acceptors (Lipinski definition) is 3. The average molecular weight is 305 g/mol. The number of carbonyl (C=O) groups is 1. The van der Waals surface area contributed by atoms with Gasteiger partial charge in [-0.15, -0.1) is 0 Å². The van der Waals surface area contributed by atoms with Crippen molar-refractivity contribution in [3.63, 3.8) is 0 Å². The number of Topliss-reactive ketones (excluding diaryl/α,β-unsaturated/α-hetero) is 1. The predicted molar refractivity (Wildman–Crippen MR) is 89.6 cm³/mol. The smallest absolute Gasteiger partial charge is 0.165 e. The summed E-state index contributed by atoms with van der Waals surface area (Å²) >= 11 is 0. The van der Waals surface area contributed by atoms with E-state index < -0.39 is 0 Å². The number of ketones is 1. The number of ether oxygens (including phenoxy) is 1. The maximum absolute atomic E-state index is 12.3. The highest BCUT2D eigenvalue weighted by Gasteiger charge is 2.31. The van der Waals surface area contributed by atoms with Crippen LogP contribution >= 0.6 is 0 Å². The second kappa shape index (κ2) is 5.89. The number of carbonyl (C=O) groups excluding carboxylic acids is 1. The number of nitrogens with zero attached hydrogens (tertiary/aromatic N) is 1. The van der Waals surface area contributed by atoms with E-state index in [2.05, 4.69) is 30.7 Å². The van der Waals surface area contributed by atoms with Gasteiger partial charge in [0.1, 0.15) is 5.75 Å². The Labute approximate surface area is 136 Å². The molecule has 0 radical (unpaired) electrons. The van der Waals surface area contributed by atoms with Crippen LogP contribution in [-0.4, -0.2) is 17.9 Å². The largest absolute Gasteiger partial charge is 0.497 e. The van der Waals surface area contributed by atoms with Crippen molar-refractivity contribution in [2.45, 2.75) is 26.7 Å². The molecule has 0 N–H and O–H groups in total. The maximum Gasteiger partial charge on any atom is 0.165 e. The van der Waals surface area contributed by atoms with Crippen LogP contribution in [0.3, 0.4) is 0 Å². The van der Waals surface area contributed by atoms with Crippen LogP contribution < -0.4 is 4.74 Å². The van der Waals surface area contributed by atoms with E-state index in [0.29, 0.717) is 6.42 Å². The first kappa shape index (κ1) is 15.3. The standard InChI is InChI=1S/C20H19NO2/c1-20(2)11-18-17(19(22)12-20)10-15(13-21-18)8-7-14-5-4-6-16(9-14)23-3/h4-6,9-10,13H,11-12H2,1-3H3. The predicted octanol–water partition coefficient (Wildman–Crippen LogP) is 3.65. The van der Waals surface area contributed by atoms with Gasteiger partial charge in [-0.05, 0) is 36.1 Å². The molecule has 1 aromatic heterocycles. The third kappa shape index (κ3) is 3.43. The summed E-state index contributed by atoms with van der Waals surface area (Å²) in [5.41, 5.74) is 3.24. The highest BCUT2D eigenvalue weighted by Crippen LogP contribution is 2.33. The molecule has 23 heavy (non-hydrogen) atoms. The number of aromatic nitrogens is 1. The quantitative estimate of drug-likeness (QED) is 0.755. The first-order valence-electron chi connectivity index (χ1n) is 7.65. The number of fused-ring (bicyclic) bond motifs is 1. The van der Waals surface area contributed by atoms with Crippen molar-refractivity contribution in [1.82, 2.24) is 4.98 Å². The van der Waals surface area contributed by atoms with Crippen LogP contribution in [0.25, 0.3) is 0 Å². The average Bonchev–Trinajstić information content (AvgIpc) is 2.52. The molecule has 0 amide bonds. The molecule has 1 aromatic carbocycles. The van der Waals surface area contributed by atoms with E-state index in [9.17, 15) is 4.79 Å². The van der Waals surface area contributed by atoms with E-state index >= 15 is 0 Å². The molecular formula is C20H19NO2. The van der Waals surface area contributed by atoms with Gasteiger partial charge in [-0.2, -0.15) is 0 Å². The summed E-state index contributed by atoms with van der Waals surface area (Å²) in [7, 11) is 1.63. The Hall–Kier alpha value is -2.60. The van der Waals surface area contributed by atoms with Crippen molar-refractivity contribution < 1.29 is 9.53 Å². The molecule has 0 spiro atoms. The van der Waals surface area contributed by atoms with Gasteiger partial charge >= 0.3 is 0 Å². The van der Waals surface area contributed by atoms with E-state index in [0.717, 1.165) is 34.6 Å². The number of rotatable bonds is 1. The van der Waals surface area contributed by atoms with Gasteiger partial charge in [0.25, 0.3) is 0 Å². The van der Waals surface area contributed by atoms with Crippen molar-refractivity contribution in [2.24, 2.45) is 5.41 Å². The Balaban J connectivity index is 1.90. The van der Waals surface area contributed by atoms with E-state index in [1.165, 1.54) is 0 Å². The monoisotopic (exact) mass is 305 g/mol. The normalized spacial score (nSPS) is 15.3. The molecule has 3 rings (SSSR count). The zero-order valence-corrected chi connectivity index (χ0v) is 13.6. The number of methoxy groups -OCH3 is 1. The Morgan fingerprint density at radius 1 is 1.13 bits per heavy atom. The molecule has 1 aliphatic rings. The Bertz CT molecular complexity index is 825. The van der Waals surface area contributed by atoms with Crippen molar-refractivity contribution in [3.8, 4) is 17.6 Å². The topological polar surface area (TPSA) is 39.2 Å². The summed E-state index contributed by atoms with van der Waals surface area (Å²) in [6, 6.07) is 9.46. The molecule has 2 aromatic rings. The number of benzene rings is 1. The van der Waals surface area contributed by atoms with E-state index in [1.54, 1.807) is 13.3 Å². The first-order valence-corrected chi connectivity index (χ1v) is 7.65. The highest BCUT2D eigenvalue weighted by atomic mass is 16.5. The molecule has 3 nitrogen and oxygen atoms in total. The lowest BCUT2D eigenvalue weighted by molar-refractivity contribution is 0.0910. The fraction of sp³-hybridized carbons (Fsp3) is 0.300. The first-order chi connectivity index (χ1) is 11.0. The molecule has 0 saturated carbocycles. The summed E-state index contributed by atoms with van der Waals surface area (Å²) in [4.78, 5) is 16.8. The van der Waals surface area contributed by atoms with Crippen LogP contribution in [0, 0.1) is 17.3 Å². The molecular weight excluding hydrogens is 286 g/mol. The SMILES string of the molecule is COc1cccc(C#Cc2cnc3c(c2)C(=O)CC(C)(C)C3)c1. The van der Waals surface area contributed by atoms with Crippen LogP contribution in [0.5, 0.6) is 5.75 Å². The minimum atomic E-state index is -0.00906. The van der Waals surface area contributed by atoms with Crippen LogP contribution in [-0.2, 0) is 6.42 Å². The minimum absolute atomic E-state index is 0.00906. The molecule has 0 aliphatic heterocycles. The molecule has 0 fully saturated rings. The van der Waals surface area contributed by atoms with Crippen molar-refractivity contribution in [3.05, 3.63) is 58.9 Å². The molecule has 0 saturated heterocycles. The zero-order valence-electron chi connectivity index (χ0n) is 13.6. The van der Waals surface area contributed by atoms with Gasteiger partial charge in [-0.3, -0.25) is 9.78 Å². The Morgan fingerprint density at radius 3 is 2.70 bits per heavy atom. The fourth-order valence-corrected chi connectivity index (χ4v) is 2.83. The lowest BCUT2D eigenvalue weighted by Crippen LogP contribution is -2.27. The van der Waals surface area contributed by atoms with Crippen LogP contribution in [0.2, 0.25) is 0 Å². The van der Waals surface area contributed by atoms with E-state index in [4.69, 9.17) is 4.74 Å². The van der Waals surface area contributed by atoms with Gasteiger partial charge in [-0.1, -0.05) is 31.8 Å².